The predicted molar refractivity (Wildman–Crippen MR) is 68.8 cm³/mol. The van der Waals surface area contributed by atoms with E-state index in [1.165, 1.54) is 26.0 Å². The van der Waals surface area contributed by atoms with Crippen LogP contribution in [0.25, 0.3) is 0 Å². The Labute approximate surface area is 105 Å². The molecule has 1 rings (SSSR count). The van der Waals surface area contributed by atoms with Gasteiger partial charge in [0, 0.05) is 6.07 Å². The lowest BCUT2D eigenvalue weighted by Gasteiger charge is -2.13. The topological polar surface area (TPSA) is 44.8 Å². The number of hydrogen-bond donors (Lipinski definition) is 0. The number of thioether (sulfide) groups is 1. The van der Waals surface area contributed by atoms with Crippen molar-refractivity contribution in [2.24, 2.45) is 0 Å². The average molecular weight is 256 g/mol. The Hall–Kier alpha value is -1.36. The maximum Gasteiger partial charge on any atom is 0.176 e. The zero-order valence-electron chi connectivity index (χ0n) is 10.4. The molecular formula is C12H16O4S. The van der Waals surface area contributed by atoms with Crippen LogP contribution in [0.4, 0.5) is 0 Å². The third-order valence-electron chi connectivity index (χ3n) is 2.28. The Bertz CT molecular complexity index is 404. The number of ketones is 1. The minimum absolute atomic E-state index is 0.00954. The molecule has 4 nitrogen and oxygen atoms in total. The molecular weight excluding hydrogens is 240 g/mol. The van der Waals surface area contributed by atoms with Crippen molar-refractivity contribution in [1.29, 1.82) is 0 Å². The summed E-state index contributed by atoms with van der Waals surface area (Å²) in [5, 5.41) is 0. The normalized spacial score (nSPS) is 9.88. The molecule has 0 amide bonds. The van der Waals surface area contributed by atoms with E-state index < -0.39 is 0 Å². The van der Waals surface area contributed by atoms with Crippen molar-refractivity contribution in [2.45, 2.75) is 0 Å². The van der Waals surface area contributed by atoms with Crippen LogP contribution in [0.15, 0.2) is 12.1 Å². The molecule has 0 aliphatic carbocycles. The predicted octanol–water partition coefficient (Wildman–Crippen LogP) is 2.26. The zero-order chi connectivity index (χ0) is 12.8. The fraction of sp³-hybridized carbons (Fsp3) is 0.417. The minimum Gasteiger partial charge on any atom is -0.496 e. The Morgan fingerprint density at radius 3 is 2.06 bits per heavy atom. The van der Waals surface area contributed by atoms with E-state index in [0.29, 0.717) is 28.6 Å². The number of hydrogen-bond acceptors (Lipinski definition) is 5. The number of carbonyl (C=O) groups excluding carboxylic acids is 1. The van der Waals surface area contributed by atoms with Gasteiger partial charge < -0.3 is 14.2 Å². The van der Waals surface area contributed by atoms with Gasteiger partial charge in [-0.25, -0.2) is 0 Å². The van der Waals surface area contributed by atoms with Crippen molar-refractivity contribution in [2.75, 3.05) is 33.3 Å². The molecule has 0 bridgehead atoms. The first-order valence-corrected chi connectivity index (χ1v) is 6.39. The standard InChI is InChI=1S/C12H16O4S/c1-14-10-6-12(16-3)11(15-2)5-8(10)9(13)7-17-4/h5-6H,7H2,1-4H3. The van der Waals surface area contributed by atoms with Crippen molar-refractivity contribution >= 4 is 17.5 Å². The van der Waals surface area contributed by atoms with Crippen LogP contribution in [-0.2, 0) is 0 Å². The molecule has 0 atom stereocenters. The molecule has 0 aromatic heterocycles. The van der Waals surface area contributed by atoms with Gasteiger partial charge >= 0.3 is 0 Å². The number of methoxy groups -OCH3 is 3. The summed E-state index contributed by atoms with van der Waals surface area (Å²) < 4.78 is 15.5. The molecule has 0 N–H and O–H groups in total. The molecule has 0 spiro atoms. The number of benzene rings is 1. The fourth-order valence-corrected chi connectivity index (χ4v) is 1.87. The van der Waals surface area contributed by atoms with Crippen molar-refractivity contribution in [3.05, 3.63) is 17.7 Å². The van der Waals surface area contributed by atoms with Gasteiger partial charge in [-0.05, 0) is 12.3 Å². The van der Waals surface area contributed by atoms with E-state index in [2.05, 4.69) is 0 Å². The van der Waals surface area contributed by atoms with Gasteiger partial charge in [0.25, 0.3) is 0 Å². The lowest BCUT2D eigenvalue weighted by molar-refractivity contribution is 0.101. The molecule has 0 saturated heterocycles. The van der Waals surface area contributed by atoms with Gasteiger partial charge in [-0.2, -0.15) is 11.8 Å². The molecule has 94 valence electrons. The van der Waals surface area contributed by atoms with E-state index in [0.717, 1.165) is 0 Å². The largest absolute Gasteiger partial charge is 0.496 e. The van der Waals surface area contributed by atoms with E-state index in [9.17, 15) is 4.79 Å². The van der Waals surface area contributed by atoms with Gasteiger partial charge in [-0.1, -0.05) is 0 Å². The molecule has 0 unspecified atom stereocenters. The number of ether oxygens (including phenoxy) is 3. The van der Waals surface area contributed by atoms with E-state index in [1.54, 1.807) is 19.2 Å². The SMILES string of the molecule is COc1cc(OC)c(C(=O)CSC)cc1OC. The van der Waals surface area contributed by atoms with Gasteiger partial charge in [0.05, 0.1) is 32.6 Å². The number of Topliss-reactive ketones (excluding diaryl/α,β-unsaturated/α-hetero) is 1. The highest BCUT2D eigenvalue weighted by Gasteiger charge is 2.16. The van der Waals surface area contributed by atoms with E-state index in [4.69, 9.17) is 14.2 Å². The van der Waals surface area contributed by atoms with Gasteiger partial charge in [-0.3, -0.25) is 4.79 Å². The first-order valence-electron chi connectivity index (χ1n) is 5.00. The molecule has 0 fully saturated rings. The summed E-state index contributed by atoms with van der Waals surface area (Å²) in [5.74, 6) is 1.99. The summed E-state index contributed by atoms with van der Waals surface area (Å²) in [6, 6.07) is 3.31. The zero-order valence-corrected chi connectivity index (χ0v) is 11.2. The Morgan fingerprint density at radius 2 is 1.59 bits per heavy atom. The highest BCUT2D eigenvalue weighted by molar-refractivity contribution is 7.99. The molecule has 1 aromatic carbocycles. The smallest absolute Gasteiger partial charge is 0.176 e. The third-order valence-corrected chi connectivity index (χ3v) is 2.83. The second-order valence-electron chi connectivity index (χ2n) is 3.26. The van der Waals surface area contributed by atoms with Crippen LogP contribution in [0.3, 0.4) is 0 Å². The number of rotatable bonds is 6. The van der Waals surface area contributed by atoms with Crippen LogP contribution in [0.5, 0.6) is 17.2 Å². The highest BCUT2D eigenvalue weighted by atomic mass is 32.2. The van der Waals surface area contributed by atoms with Gasteiger partial charge in [0.1, 0.15) is 5.75 Å². The lowest BCUT2D eigenvalue weighted by Crippen LogP contribution is -2.06. The van der Waals surface area contributed by atoms with Crippen LogP contribution in [-0.4, -0.2) is 39.1 Å². The van der Waals surface area contributed by atoms with E-state index in [1.807, 2.05) is 6.26 Å². The Morgan fingerprint density at radius 1 is 1.06 bits per heavy atom. The summed E-state index contributed by atoms with van der Waals surface area (Å²) in [5.41, 5.74) is 0.513. The van der Waals surface area contributed by atoms with Gasteiger partial charge in [0.15, 0.2) is 17.3 Å². The molecule has 0 aliphatic rings. The van der Waals surface area contributed by atoms with Crippen molar-refractivity contribution in [3.63, 3.8) is 0 Å². The van der Waals surface area contributed by atoms with Crippen LogP contribution in [0.2, 0.25) is 0 Å². The first kappa shape index (κ1) is 13.7. The van der Waals surface area contributed by atoms with Crippen LogP contribution in [0.1, 0.15) is 10.4 Å². The Kier molecular flexibility index (Phi) is 5.15. The van der Waals surface area contributed by atoms with Crippen LogP contribution >= 0.6 is 11.8 Å². The summed E-state index contributed by atoms with van der Waals surface area (Å²) in [7, 11) is 4.60. The minimum atomic E-state index is 0.00954. The van der Waals surface area contributed by atoms with E-state index >= 15 is 0 Å². The summed E-state index contributed by atoms with van der Waals surface area (Å²) in [4.78, 5) is 11.9. The molecule has 17 heavy (non-hydrogen) atoms. The molecule has 5 heteroatoms. The van der Waals surface area contributed by atoms with Crippen LogP contribution < -0.4 is 14.2 Å². The van der Waals surface area contributed by atoms with Crippen molar-refractivity contribution < 1.29 is 19.0 Å². The fourth-order valence-electron chi connectivity index (χ4n) is 1.46. The molecule has 0 aliphatic heterocycles. The lowest BCUT2D eigenvalue weighted by atomic mass is 10.1. The number of carbonyl (C=O) groups is 1. The van der Waals surface area contributed by atoms with Crippen molar-refractivity contribution in [3.8, 4) is 17.2 Å². The molecule has 0 radical (unpaired) electrons. The molecule has 0 saturated carbocycles. The highest BCUT2D eigenvalue weighted by Crippen LogP contribution is 2.35. The first-order chi connectivity index (χ1) is 8.17. The Balaban J connectivity index is 3.23. The monoisotopic (exact) mass is 256 g/mol. The van der Waals surface area contributed by atoms with Gasteiger partial charge in [-0.15, -0.1) is 0 Å². The summed E-state index contributed by atoms with van der Waals surface area (Å²) in [6.07, 6.45) is 1.88. The second kappa shape index (κ2) is 6.39. The maximum absolute atomic E-state index is 11.9. The second-order valence-corrected chi connectivity index (χ2v) is 4.13. The van der Waals surface area contributed by atoms with Crippen molar-refractivity contribution in [1.82, 2.24) is 0 Å². The average Bonchev–Trinajstić information content (AvgIpc) is 2.37. The quantitative estimate of drug-likeness (QED) is 0.730. The molecule has 1 aromatic rings. The molecule has 0 heterocycles. The van der Waals surface area contributed by atoms with Crippen LogP contribution in [0, 0.1) is 0 Å². The summed E-state index contributed by atoms with van der Waals surface area (Å²) >= 11 is 1.47. The van der Waals surface area contributed by atoms with E-state index in [-0.39, 0.29) is 5.78 Å². The maximum atomic E-state index is 11.9. The van der Waals surface area contributed by atoms with Gasteiger partial charge in [0.2, 0.25) is 0 Å². The third kappa shape index (κ3) is 3.06. The summed E-state index contributed by atoms with van der Waals surface area (Å²) in [6.45, 7) is 0.